The molecule has 0 amide bonds. The number of carboxylic acids is 1. The van der Waals surface area contributed by atoms with Crippen LogP contribution in [0.1, 0.15) is 22.5 Å². The molecule has 1 fully saturated rings. The molecule has 2 rings (SSSR count). The lowest BCUT2D eigenvalue weighted by Gasteiger charge is -2.30. The first-order chi connectivity index (χ1) is 6.75. The van der Waals surface area contributed by atoms with Crippen LogP contribution in [0.3, 0.4) is 0 Å². The molecule has 14 heavy (non-hydrogen) atoms. The van der Waals surface area contributed by atoms with Crippen molar-refractivity contribution in [3.63, 3.8) is 0 Å². The molecule has 4 heteroatoms. The molecule has 1 saturated heterocycles. The molecular formula is C10H12N2O2. The lowest BCUT2D eigenvalue weighted by Crippen LogP contribution is -2.36. The highest BCUT2D eigenvalue weighted by Gasteiger charge is 2.14. The Bertz CT molecular complexity index is 330. The Hall–Kier alpha value is -1.42. The zero-order chi connectivity index (χ0) is 9.97. The van der Waals surface area contributed by atoms with Gasteiger partial charge in [0.25, 0.3) is 0 Å². The average molecular weight is 192 g/mol. The van der Waals surface area contributed by atoms with Gasteiger partial charge in [0.15, 0.2) is 0 Å². The van der Waals surface area contributed by atoms with Crippen LogP contribution in [-0.2, 0) is 6.54 Å². The van der Waals surface area contributed by atoms with E-state index in [1.54, 1.807) is 12.1 Å². The van der Waals surface area contributed by atoms with Gasteiger partial charge in [0.05, 0.1) is 11.3 Å². The largest absolute Gasteiger partial charge is 0.478 e. The highest BCUT2D eigenvalue weighted by molar-refractivity contribution is 5.87. The molecule has 0 bridgehead atoms. The van der Waals surface area contributed by atoms with E-state index < -0.39 is 5.97 Å². The van der Waals surface area contributed by atoms with Crippen molar-refractivity contribution in [2.45, 2.75) is 13.0 Å². The number of nitrogens with zero attached hydrogens (tertiary/aromatic N) is 2. The van der Waals surface area contributed by atoms with Crippen molar-refractivity contribution in [2.75, 3.05) is 13.1 Å². The van der Waals surface area contributed by atoms with E-state index in [2.05, 4.69) is 9.88 Å². The summed E-state index contributed by atoms with van der Waals surface area (Å²) in [5.41, 5.74) is 1.19. The molecule has 2 heterocycles. The lowest BCUT2D eigenvalue weighted by molar-refractivity contribution is 0.0696. The average Bonchev–Trinajstić information content (AvgIpc) is 2.12. The zero-order valence-corrected chi connectivity index (χ0v) is 7.81. The number of hydrogen-bond acceptors (Lipinski definition) is 3. The number of likely N-dealkylation sites (tertiary alicyclic amines) is 1. The third-order valence-electron chi connectivity index (χ3n) is 2.41. The van der Waals surface area contributed by atoms with Crippen LogP contribution in [0.15, 0.2) is 18.3 Å². The summed E-state index contributed by atoms with van der Waals surface area (Å²) < 4.78 is 0. The predicted molar refractivity (Wildman–Crippen MR) is 51.1 cm³/mol. The normalized spacial score (nSPS) is 16.3. The van der Waals surface area contributed by atoms with Gasteiger partial charge in [-0.3, -0.25) is 9.88 Å². The number of carbonyl (C=O) groups is 1. The van der Waals surface area contributed by atoms with Crippen LogP contribution in [0.5, 0.6) is 0 Å². The fraction of sp³-hybridized carbons (Fsp3) is 0.400. The minimum Gasteiger partial charge on any atom is -0.478 e. The Morgan fingerprint density at radius 2 is 2.29 bits per heavy atom. The van der Waals surface area contributed by atoms with E-state index in [0.29, 0.717) is 0 Å². The lowest BCUT2D eigenvalue weighted by atomic mass is 10.2. The molecule has 1 aromatic rings. The molecule has 0 atom stereocenters. The molecule has 1 aliphatic heterocycles. The number of pyridine rings is 1. The minimum absolute atomic E-state index is 0.248. The van der Waals surface area contributed by atoms with Gasteiger partial charge >= 0.3 is 5.97 Å². The van der Waals surface area contributed by atoms with Crippen molar-refractivity contribution >= 4 is 5.97 Å². The van der Waals surface area contributed by atoms with Gasteiger partial charge in [0.1, 0.15) is 0 Å². The first-order valence-corrected chi connectivity index (χ1v) is 4.66. The first-order valence-electron chi connectivity index (χ1n) is 4.66. The van der Waals surface area contributed by atoms with Gasteiger partial charge in [-0.05, 0) is 31.6 Å². The molecule has 74 valence electrons. The maximum absolute atomic E-state index is 10.6. The third-order valence-corrected chi connectivity index (χ3v) is 2.41. The summed E-state index contributed by atoms with van der Waals surface area (Å²) in [6.45, 7) is 3.09. The summed E-state index contributed by atoms with van der Waals surface area (Å²) >= 11 is 0. The molecule has 0 radical (unpaired) electrons. The van der Waals surface area contributed by atoms with Crippen molar-refractivity contribution < 1.29 is 9.90 Å². The summed E-state index contributed by atoms with van der Waals surface area (Å²) in [4.78, 5) is 16.9. The maximum Gasteiger partial charge on any atom is 0.337 e. The highest BCUT2D eigenvalue weighted by Crippen LogP contribution is 2.10. The van der Waals surface area contributed by atoms with E-state index >= 15 is 0 Å². The van der Waals surface area contributed by atoms with Crippen LogP contribution in [-0.4, -0.2) is 34.0 Å². The van der Waals surface area contributed by atoms with E-state index in [0.717, 1.165) is 25.3 Å². The van der Waals surface area contributed by atoms with Crippen molar-refractivity contribution in [1.82, 2.24) is 9.88 Å². The summed E-state index contributed by atoms with van der Waals surface area (Å²) in [5, 5.41) is 8.66. The monoisotopic (exact) mass is 192 g/mol. The van der Waals surface area contributed by atoms with Gasteiger partial charge in [-0.2, -0.15) is 0 Å². The summed E-state index contributed by atoms with van der Waals surface area (Å²) in [6, 6.07) is 3.38. The van der Waals surface area contributed by atoms with Crippen LogP contribution in [0.4, 0.5) is 0 Å². The number of hydrogen-bond donors (Lipinski definition) is 1. The van der Waals surface area contributed by atoms with Crippen LogP contribution < -0.4 is 0 Å². The summed E-state index contributed by atoms with van der Waals surface area (Å²) in [7, 11) is 0. The SMILES string of the molecule is O=C(O)c1ccc(CN2CCC2)nc1. The molecule has 4 nitrogen and oxygen atoms in total. The number of carboxylic acid groups (broad SMARTS) is 1. The van der Waals surface area contributed by atoms with Crippen LogP contribution >= 0.6 is 0 Å². The second-order valence-corrected chi connectivity index (χ2v) is 3.47. The minimum atomic E-state index is -0.923. The maximum atomic E-state index is 10.6. The van der Waals surface area contributed by atoms with E-state index in [4.69, 9.17) is 5.11 Å². The van der Waals surface area contributed by atoms with Crippen molar-refractivity contribution in [3.8, 4) is 0 Å². The number of rotatable bonds is 3. The molecule has 1 N–H and O–H groups in total. The van der Waals surface area contributed by atoms with Crippen molar-refractivity contribution in [3.05, 3.63) is 29.6 Å². The second kappa shape index (κ2) is 3.75. The van der Waals surface area contributed by atoms with Gasteiger partial charge in [-0.15, -0.1) is 0 Å². The van der Waals surface area contributed by atoms with E-state index in [-0.39, 0.29) is 5.56 Å². The summed E-state index contributed by atoms with van der Waals surface area (Å²) in [5.74, 6) is -0.923. The van der Waals surface area contributed by atoms with Crippen molar-refractivity contribution in [1.29, 1.82) is 0 Å². The Morgan fingerprint density at radius 3 is 2.71 bits per heavy atom. The second-order valence-electron chi connectivity index (χ2n) is 3.47. The van der Waals surface area contributed by atoms with Gasteiger partial charge in [-0.1, -0.05) is 0 Å². The van der Waals surface area contributed by atoms with E-state index in [1.807, 2.05) is 0 Å². The molecule has 0 saturated carbocycles. The van der Waals surface area contributed by atoms with Gasteiger partial charge in [0.2, 0.25) is 0 Å². The highest BCUT2D eigenvalue weighted by atomic mass is 16.4. The van der Waals surface area contributed by atoms with Crippen LogP contribution in [0.2, 0.25) is 0 Å². The van der Waals surface area contributed by atoms with Gasteiger partial charge in [-0.25, -0.2) is 4.79 Å². The first kappa shape index (κ1) is 9.15. The smallest absolute Gasteiger partial charge is 0.337 e. The zero-order valence-electron chi connectivity index (χ0n) is 7.81. The van der Waals surface area contributed by atoms with Gasteiger partial charge < -0.3 is 5.11 Å². The molecule has 0 spiro atoms. The standard InChI is InChI=1S/C10H12N2O2/c13-10(14)8-2-3-9(11-6-8)7-12-4-1-5-12/h2-3,6H,1,4-5,7H2,(H,13,14). The molecule has 0 unspecified atom stereocenters. The molecule has 0 aromatic carbocycles. The van der Waals surface area contributed by atoms with E-state index in [1.165, 1.54) is 12.6 Å². The molecule has 0 aliphatic carbocycles. The number of aromatic nitrogens is 1. The van der Waals surface area contributed by atoms with Gasteiger partial charge in [0, 0.05) is 12.7 Å². The number of aromatic carboxylic acids is 1. The van der Waals surface area contributed by atoms with Crippen molar-refractivity contribution in [2.24, 2.45) is 0 Å². The van der Waals surface area contributed by atoms with E-state index in [9.17, 15) is 4.79 Å². The topological polar surface area (TPSA) is 53.4 Å². The molecule has 1 aromatic heterocycles. The fourth-order valence-electron chi connectivity index (χ4n) is 1.41. The van der Waals surface area contributed by atoms with Crippen LogP contribution in [0, 0.1) is 0 Å². The Kier molecular flexibility index (Phi) is 2.45. The quantitative estimate of drug-likeness (QED) is 0.775. The summed E-state index contributed by atoms with van der Waals surface area (Å²) in [6.07, 6.45) is 2.67. The van der Waals surface area contributed by atoms with Crippen LogP contribution in [0.25, 0.3) is 0 Å². The predicted octanol–water partition coefficient (Wildman–Crippen LogP) is 0.986. The molecule has 1 aliphatic rings. The molecular weight excluding hydrogens is 180 g/mol. The third kappa shape index (κ3) is 1.90. The fourth-order valence-corrected chi connectivity index (χ4v) is 1.41. The Labute approximate surface area is 82.2 Å². The Balaban J connectivity index is 2.01. The Morgan fingerprint density at radius 1 is 1.50 bits per heavy atom.